The molecule has 1 fully saturated rings. The molecule has 16 heavy (non-hydrogen) atoms. The van der Waals surface area contributed by atoms with Crippen LogP contribution in [0, 0.1) is 0 Å². The van der Waals surface area contributed by atoms with E-state index in [1.54, 1.807) is 6.20 Å². The predicted octanol–water partition coefficient (Wildman–Crippen LogP) is 0.788. The van der Waals surface area contributed by atoms with Crippen LogP contribution >= 0.6 is 12.2 Å². The highest BCUT2D eigenvalue weighted by molar-refractivity contribution is 7.80. The van der Waals surface area contributed by atoms with Gasteiger partial charge in [-0.1, -0.05) is 6.07 Å². The summed E-state index contributed by atoms with van der Waals surface area (Å²) in [6.45, 7) is 3.93. The van der Waals surface area contributed by atoms with Crippen molar-refractivity contribution in [2.24, 2.45) is 0 Å². The Labute approximate surface area is 101 Å². The highest BCUT2D eigenvalue weighted by Gasteiger charge is 2.12. The van der Waals surface area contributed by atoms with Crippen LogP contribution in [0.3, 0.4) is 0 Å². The van der Waals surface area contributed by atoms with Crippen molar-refractivity contribution in [3.05, 3.63) is 30.1 Å². The third-order valence-electron chi connectivity index (χ3n) is 2.45. The van der Waals surface area contributed by atoms with Crippen LogP contribution < -0.4 is 5.32 Å². The molecule has 86 valence electrons. The van der Waals surface area contributed by atoms with E-state index in [-0.39, 0.29) is 0 Å². The molecule has 0 bridgehead atoms. The lowest BCUT2D eigenvalue weighted by Gasteiger charge is -2.29. The number of nitrogens with zero attached hydrogens (tertiary/aromatic N) is 2. The first-order chi connectivity index (χ1) is 7.86. The number of nitrogens with one attached hydrogen (secondary N) is 1. The quantitative estimate of drug-likeness (QED) is 0.770. The first-order valence-corrected chi connectivity index (χ1v) is 5.77. The summed E-state index contributed by atoms with van der Waals surface area (Å²) in [4.78, 5) is 6.36. The van der Waals surface area contributed by atoms with Crippen LogP contribution in [0.2, 0.25) is 0 Å². The molecule has 1 aromatic rings. The van der Waals surface area contributed by atoms with E-state index in [1.165, 1.54) is 0 Å². The number of thiocarbonyl (C=S) groups is 1. The van der Waals surface area contributed by atoms with Gasteiger partial charge in [0.15, 0.2) is 5.11 Å². The van der Waals surface area contributed by atoms with Crippen molar-refractivity contribution in [2.45, 2.75) is 6.54 Å². The van der Waals surface area contributed by atoms with Crippen molar-refractivity contribution < 1.29 is 4.74 Å². The second-order valence-corrected chi connectivity index (χ2v) is 3.97. The van der Waals surface area contributed by atoms with E-state index in [0.29, 0.717) is 6.54 Å². The first-order valence-electron chi connectivity index (χ1n) is 5.37. The second-order valence-electron chi connectivity index (χ2n) is 3.58. The molecular formula is C11H15N3OS. The molecule has 0 atom stereocenters. The number of pyridine rings is 1. The summed E-state index contributed by atoms with van der Waals surface area (Å²) in [5, 5.41) is 3.99. The Balaban J connectivity index is 1.79. The number of aromatic nitrogens is 1. The molecule has 0 saturated carbocycles. The van der Waals surface area contributed by atoms with Gasteiger partial charge in [-0.25, -0.2) is 0 Å². The number of ether oxygens (including phenoxy) is 1. The number of hydrogen-bond donors (Lipinski definition) is 1. The summed E-state index contributed by atoms with van der Waals surface area (Å²) in [7, 11) is 0. The van der Waals surface area contributed by atoms with Crippen molar-refractivity contribution in [2.75, 3.05) is 26.3 Å². The molecule has 1 N–H and O–H groups in total. The number of rotatable bonds is 2. The van der Waals surface area contributed by atoms with Crippen molar-refractivity contribution in [3.8, 4) is 0 Å². The van der Waals surface area contributed by atoms with Crippen LogP contribution in [0.15, 0.2) is 24.4 Å². The van der Waals surface area contributed by atoms with Crippen molar-refractivity contribution in [3.63, 3.8) is 0 Å². The molecule has 2 heterocycles. The topological polar surface area (TPSA) is 37.4 Å². The summed E-state index contributed by atoms with van der Waals surface area (Å²) >= 11 is 5.30. The molecule has 4 nitrogen and oxygen atoms in total. The van der Waals surface area contributed by atoms with Gasteiger partial charge in [0, 0.05) is 19.3 Å². The van der Waals surface area contributed by atoms with E-state index >= 15 is 0 Å². The Kier molecular flexibility index (Phi) is 4.07. The molecule has 1 aliphatic rings. The minimum atomic E-state index is 0.678. The SMILES string of the molecule is S=C(NCc1ccccn1)N1CCOCC1. The van der Waals surface area contributed by atoms with E-state index in [1.807, 2.05) is 18.2 Å². The maximum atomic E-state index is 5.30. The zero-order chi connectivity index (χ0) is 11.2. The second kappa shape index (κ2) is 5.77. The molecule has 0 aromatic carbocycles. The molecule has 2 rings (SSSR count). The molecule has 1 aliphatic heterocycles. The van der Waals surface area contributed by atoms with E-state index in [9.17, 15) is 0 Å². The molecule has 5 heteroatoms. The average molecular weight is 237 g/mol. The Morgan fingerprint density at radius 1 is 1.44 bits per heavy atom. The molecule has 0 radical (unpaired) electrons. The lowest BCUT2D eigenvalue weighted by Crippen LogP contribution is -2.45. The van der Waals surface area contributed by atoms with Gasteiger partial charge in [-0.2, -0.15) is 0 Å². The van der Waals surface area contributed by atoms with Crippen LogP contribution in [-0.4, -0.2) is 41.3 Å². The van der Waals surface area contributed by atoms with Gasteiger partial charge in [-0.15, -0.1) is 0 Å². The predicted molar refractivity (Wildman–Crippen MR) is 66.1 cm³/mol. The molecule has 1 saturated heterocycles. The highest BCUT2D eigenvalue weighted by Crippen LogP contribution is 1.99. The monoisotopic (exact) mass is 237 g/mol. The standard InChI is InChI=1S/C11H15N3OS/c16-11(14-5-7-15-8-6-14)13-9-10-3-1-2-4-12-10/h1-4H,5-9H2,(H,13,16). The maximum absolute atomic E-state index is 5.30. The zero-order valence-corrected chi connectivity index (χ0v) is 9.87. The minimum Gasteiger partial charge on any atom is -0.378 e. The van der Waals surface area contributed by atoms with Crippen molar-refractivity contribution >= 4 is 17.3 Å². The van der Waals surface area contributed by atoms with Crippen LogP contribution in [0.25, 0.3) is 0 Å². The first kappa shape index (κ1) is 11.3. The molecule has 0 aliphatic carbocycles. The van der Waals surface area contributed by atoms with Crippen LogP contribution in [0.4, 0.5) is 0 Å². The van der Waals surface area contributed by atoms with E-state index in [2.05, 4.69) is 15.2 Å². The third-order valence-corrected chi connectivity index (χ3v) is 2.85. The molecule has 0 unspecified atom stereocenters. The minimum absolute atomic E-state index is 0.678. The highest BCUT2D eigenvalue weighted by atomic mass is 32.1. The number of hydrogen-bond acceptors (Lipinski definition) is 3. The summed E-state index contributed by atoms with van der Waals surface area (Å²) in [5.74, 6) is 0. The summed E-state index contributed by atoms with van der Waals surface area (Å²) in [6.07, 6.45) is 1.79. The van der Waals surface area contributed by atoms with Crippen LogP contribution in [0.5, 0.6) is 0 Å². The van der Waals surface area contributed by atoms with Gasteiger partial charge in [0.05, 0.1) is 25.5 Å². The van der Waals surface area contributed by atoms with Crippen LogP contribution in [0.1, 0.15) is 5.69 Å². The molecule has 0 spiro atoms. The fourth-order valence-corrected chi connectivity index (χ4v) is 1.80. The smallest absolute Gasteiger partial charge is 0.169 e. The van der Waals surface area contributed by atoms with Crippen molar-refractivity contribution in [1.82, 2.24) is 15.2 Å². The lowest BCUT2D eigenvalue weighted by atomic mass is 10.3. The van der Waals surface area contributed by atoms with Gasteiger partial charge in [-0.3, -0.25) is 4.98 Å². The Morgan fingerprint density at radius 2 is 2.25 bits per heavy atom. The van der Waals surface area contributed by atoms with Crippen molar-refractivity contribution in [1.29, 1.82) is 0 Å². The third kappa shape index (κ3) is 3.15. The van der Waals surface area contributed by atoms with E-state index in [0.717, 1.165) is 37.1 Å². The van der Waals surface area contributed by atoms with Gasteiger partial charge in [-0.05, 0) is 24.4 Å². The summed E-state index contributed by atoms with van der Waals surface area (Å²) in [5.41, 5.74) is 0.998. The normalized spacial score (nSPS) is 15.9. The Bertz CT molecular complexity index is 338. The summed E-state index contributed by atoms with van der Waals surface area (Å²) in [6, 6.07) is 5.86. The van der Waals surface area contributed by atoms with E-state index in [4.69, 9.17) is 17.0 Å². The zero-order valence-electron chi connectivity index (χ0n) is 9.06. The Morgan fingerprint density at radius 3 is 2.94 bits per heavy atom. The molecule has 1 aromatic heterocycles. The van der Waals surface area contributed by atoms with Gasteiger partial charge in [0.25, 0.3) is 0 Å². The fraction of sp³-hybridized carbons (Fsp3) is 0.455. The van der Waals surface area contributed by atoms with Gasteiger partial charge in [0.1, 0.15) is 0 Å². The van der Waals surface area contributed by atoms with Crippen LogP contribution in [-0.2, 0) is 11.3 Å². The summed E-state index contributed by atoms with van der Waals surface area (Å²) < 4.78 is 5.27. The fourth-order valence-electron chi connectivity index (χ4n) is 1.55. The molecule has 0 amide bonds. The van der Waals surface area contributed by atoms with Gasteiger partial charge >= 0.3 is 0 Å². The average Bonchev–Trinajstić information content (AvgIpc) is 2.38. The Hall–Kier alpha value is -1.20. The number of morpholine rings is 1. The van der Waals surface area contributed by atoms with Gasteiger partial charge in [0.2, 0.25) is 0 Å². The largest absolute Gasteiger partial charge is 0.378 e. The lowest BCUT2D eigenvalue weighted by molar-refractivity contribution is 0.0676. The maximum Gasteiger partial charge on any atom is 0.169 e. The molecular weight excluding hydrogens is 222 g/mol. The van der Waals surface area contributed by atoms with Gasteiger partial charge < -0.3 is 15.0 Å². The van der Waals surface area contributed by atoms with E-state index < -0.39 is 0 Å².